The van der Waals surface area contributed by atoms with E-state index in [2.05, 4.69) is 0 Å². The summed E-state index contributed by atoms with van der Waals surface area (Å²) in [5.74, 6) is -0.882. The zero-order valence-corrected chi connectivity index (χ0v) is 14.8. The lowest BCUT2D eigenvalue weighted by Gasteiger charge is -2.35. The average molecular weight is 362 g/mol. The summed E-state index contributed by atoms with van der Waals surface area (Å²) in [7, 11) is 0. The topological polar surface area (TPSA) is 40.6 Å². The van der Waals surface area contributed by atoms with Crippen molar-refractivity contribution in [1.82, 2.24) is 9.80 Å². The predicted molar refractivity (Wildman–Crippen MR) is 102 cm³/mol. The maximum atomic E-state index is 13.9. The summed E-state index contributed by atoms with van der Waals surface area (Å²) in [6, 6.07) is 19.5. The molecule has 0 aromatic heterocycles. The first-order chi connectivity index (χ1) is 13.1. The van der Waals surface area contributed by atoms with Crippen molar-refractivity contribution in [2.45, 2.75) is 0 Å². The van der Waals surface area contributed by atoms with Gasteiger partial charge in [-0.1, -0.05) is 48.5 Å². The first-order valence-electron chi connectivity index (χ1n) is 8.96. The van der Waals surface area contributed by atoms with Gasteiger partial charge < -0.3 is 9.80 Å². The van der Waals surface area contributed by atoms with Crippen molar-refractivity contribution in [2.75, 3.05) is 26.2 Å². The average Bonchev–Trinajstić information content (AvgIpc) is 2.73. The van der Waals surface area contributed by atoms with Gasteiger partial charge in [0.2, 0.25) is 0 Å². The molecule has 0 saturated carbocycles. The molecule has 0 bridgehead atoms. The molecule has 27 heavy (non-hydrogen) atoms. The molecule has 1 aliphatic heterocycles. The molecule has 5 heteroatoms. The number of hydrogen-bond acceptors (Lipinski definition) is 2. The number of rotatable bonds is 2. The van der Waals surface area contributed by atoms with Crippen molar-refractivity contribution in [2.24, 2.45) is 0 Å². The lowest BCUT2D eigenvalue weighted by molar-refractivity contribution is 0.0534. The van der Waals surface area contributed by atoms with Gasteiger partial charge in [0.15, 0.2) is 0 Å². The Hall–Kier alpha value is -3.21. The molecular weight excluding hydrogens is 343 g/mol. The van der Waals surface area contributed by atoms with E-state index >= 15 is 0 Å². The molecule has 3 aromatic rings. The fraction of sp³-hybridized carbons (Fsp3) is 0.182. The van der Waals surface area contributed by atoms with Gasteiger partial charge in [0.25, 0.3) is 11.8 Å². The monoisotopic (exact) mass is 362 g/mol. The Morgan fingerprint density at radius 1 is 0.667 bits per heavy atom. The molecule has 4 nitrogen and oxygen atoms in total. The van der Waals surface area contributed by atoms with Gasteiger partial charge in [-0.25, -0.2) is 4.39 Å². The molecule has 136 valence electrons. The number of carbonyl (C=O) groups is 2. The van der Waals surface area contributed by atoms with Crippen molar-refractivity contribution in [3.05, 3.63) is 83.7 Å². The third kappa shape index (κ3) is 3.28. The second-order valence-corrected chi connectivity index (χ2v) is 6.59. The smallest absolute Gasteiger partial charge is 0.256 e. The fourth-order valence-electron chi connectivity index (χ4n) is 3.50. The first kappa shape index (κ1) is 17.2. The van der Waals surface area contributed by atoms with Crippen LogP contribution in [0.4, 0.5) is 4.39 Å². The largest absolute Gasteiger partial charge is 0.335 e. The Labute approximate surface area is 156 Å². The Kier molecular flexibility index (Phi) is 4.59. The lowest BCUT2D eigenvalue weighted by Crippen LogP contribution is -2.50. The number of fused-ring (bicyclic) bond motifs is 1. The summed E-state index contributed by atoms with van der Waals surface area (Å²) in [6.07, 6.45) is 0. The summed E-state index contributed by atoms with van der Waals surface area (Å²) < 4.78 is 13.9. The van der Waals surface area contributed by atoms with Crippen LogP contribution < -0.4 is 0 Å². The molecule has 1 aliphatic rings. The molecule has 0 unspecified atom stereocenters. The SMILES string of the molecule is O=C(c1ccccc1F)N1CCN(C(=O)c2cccc3ccccc23)CC1. The number of carbonyl (C=O) groups excluding carboxylic acids is 2. The highest BCUT2D eigenvalue weighted by Gasteiger charge is 2.27. The van der Waals surface area contributed by atoms with Gasteiger partial charge in [-0.3, -0.25) is 9.59 Å². The molecule has 1 saturated heterocycles. The Balaban J connectivity index is 1.48. The standard InChI is InChI=1S/C22H19FN2O2/c23-20-11-4-3-9-19(20)22(27)25-14-12-24(13-15-25)21(26)18-10-5-7-16-6-1-2-8-17(16)18/h1-11H,12-15H2. The van der Waals surface area contributed by atoms with Gasteiger partial charge in [-0.2, -0.15) is 0 Å². The second-order valence-electron chi connectivity index (χ2n) is 6.59. The molecular formula is C22H19FN2O2. The zero-order valence-electron chi connectivity index (χ0n) is 14.8. The molecule has 0 atom stereocenters. The fourth-order valence-corrected chi connectivity index (χ4v) is 3.50. The van der Waals surface area contributed by atoms with Gasteiger partial charge in [0.1, 0.15) is 5.82 Å². The predicted octanol–water partition coefficient (Wildman–Crippen LogP) is 3.58. The lowest BCUT2D eigenvalue weighted by atomic mass is 10.0. The van der Waals surface area contributed by atoms with Crippen LogP contribution in [0.3, 0.4) is 0 Å². The van der Waals surface area contributed by atoms with Crippen LogP contribution in [-0.2, 0) is 0 Å². The summed E-state index contributed by atoms with van der Waals surface area (Å²) in [6.45, 7) is 1.65. The van der Waals surface area contributed by atoms with E-state index in [4.69, 9.17) is 0 Å². The minimum absolute atomic E-state index is 0.0372. The van der Waals surface area contributed by atoms with E-state index in [9.17, 15) is 14.0 Å². The molecule has 0 N–H and O–H groups in total. The third-order valence-electron chi connectivity index (χ3n) is 4.98. The van der Waals surface area contributed by atoms with Crippen LogP contribution in [0, 0.1) is 5.82 Å². The summed E-state index contributed by atoms with van der Waals surface area (Å²) >= 11 is 0. The van der Waals surface area contributed by atoms with Crippen molar-refractivity contribution < 1.29 is 14.0 Å². The first-order valence-corrected chi connectivity index (χ1v) is 8.96. The van der Waals surface area contributed by atoms with Gasteiger partial charge in [-0.15, -0.1) is 0 Å². The van der Waals surface area contributed by atoms with Gasteiger partial charge in [-0.05, 0) is 29.0 Å². The van der Waals surface area contributed by atoms with Crippen molar-refractivity contribution in [3.63, 3.8) is 0 Å². The van der Waals surface area contributed by atoms with Crippen LogP contribution in [0.5, 0.6) is 0 Å². The van der Waals surface area contributed by atoms with E-state index in [-0.39, 0.29) is 17.4 Å². The molecule has 3 aromatic carbocycles. The number of nitrogens with zero attached hydrogens (tertiary/aromatic N) is 2. The highest BCUT2D eigenvalue weighted by molar-refractivity contribution is 6.07. The van der Waals surface area contributed by atoms with Gasteiger partial charge in [0.05, 0.1) is 5.56 Å². The van der Waals surface area contributed by atoms with Crippen LogP contribution in [0.15, 0.2) is 66.7 Å². The second kappa shape index (κ2) is 7.19. The maximum Gasteiger partial charge on any atom is 0.256 e. The molecule has 4 rings (SSSR count). The Bertz CT molecular complexity index is 1000. The van der Waals surface area contributed by atoms with Crippen LogP contribution >= 0.6 is 0 Å². The number of piperazine rings is 1. The number of halogens is 1. The number of benzene rings is 3. The molecule has 1 heterocycles. The molecule has 2 amide bonds. The molecule has 1 fully saturated rings. The Morgan fingerprint density at radius 3 is 1.89 bits per heavy atom. The van der Waals surface area contributed by atoms with E-state index in [1.54, 1.807) is 21.9 Å². The Morgan fingerprint density at radius 2 is 1.19 bits per heavy atom. The van der Waals surface area contributed by atoms with Crippen LogP contribution in [-0.4, -0.2) is 47.8 Å². The van der Waals surface area contributed by atoms with E-state index < -0.39 is 5.82 Å². The van der Waals surface area contributed by atoms with Gasteiger partial charge >= 0.3 is 0 Å². The van der Waals surface area contributed by atoms with E-state index in [0.29, 0.717) is 31.7 Å². The third-order valence-corrected chi connectivity index (χ3v) is 4.98. The normalized spacial score (nSPS) is 14.4. The highest BCUT2D eigenvalue weighted by Crippen LogP contribution is 2.21. The molecule has 0 spiro atoms. The van der Waals surface area contributed by atoms with Gasteiger partial charge in [0, 0.05) is 31.7 Å². The number of amides is 2. The van der Waals surface area contributed by atoms with Crippen LogP contribution in [0.1, 0.15) is 20.7 Å². The van der Waals surface area contributed by atoms with E-state index in [0.717, 1.165) is 10.8 Å². The summed E-state index contributed by atoms with van der Waals surface area (Å²) in [5, 5.41) is 1.95. The van der Waals surface area contributed by atoms with Crippen molar-refractivity contribution >= 4 is 22.6 Å². The maximum absolute atomic E-state index is 13.9. The van der Waals surface area contributed by atoms with Crippen molar-refractivity contribution in [1.29, 1.82) is 0 Å². The van der Waals surface area contributed by atoms with Crippen LogP contribution in [0.25, 0.3) is 10.8 Å². The van der Waals surface area contributed by atoms with E-state index in [1.165, 1.54) is 12.1 Å². The highest BCUT2D eigenvalue weighted by atomic mass is 19.1. The molecule has 0 radical (unpaired) electrons. The zero-order chi connectivity index (χ0) is 18.8. The van der Waals surface area contributed by atoms with Crippen LogP contribution in [0.2, 0.25) is 0 Å². The van der Waals surface area contributed by atoms with Crippen molar-refractivity contribution in [3.8, 4) is 0 Å². The minimum atomic E-state index is -0.517. The summed E-state index contributed by atoms with van der Waals surface area (Å²) in [5.41, 5.74) is 0.744. The minimum Gasteiger partial charge on any atom is -0.335 e. The van der Waals surface area contributed by atoms with E-state index in [1.807, 2.05) is 42.5 Å². The number of hydrogen-bond donors (Lipinski definition) is 0. The summed E-state index contributed by atoms with van der Waals surface area (Å²) in [4.78, 5) is 28.9. The molecule has 0 aliphatic carbocycles. The quantitative estimate of drug-likeness (QED) is 0.699.